The van der Waals surface area contributed by atoms with Crippen LogP contribution in [0.25, 0.3) is 11.1 Å². The van der Waals surface area contributed by atoms with Gasteiger partial charge in [0.15, 0.2) is 0 Å². The van der Waals surface area contributed by atoms with E-state index in [-0.39, 0.29) is 0 Å². The molecule has 0 aliphatic heterocycles. The molecule has 2 aromatic carbocycles. The van der Waals surface area contributed by atoms with Gasteiger partial charge in [-0.05, 0) is 47.6 Å². The van der Waals surface area contributed by atoms with Gasteiger partial charge in [-0.15, -0.1) is 0 Å². The summed E-state index contributed by atoms with van der Waals surface area (Å²) >= 11 is 0. The van der Waals surface area contributed by atoms with Crippen molar-refractivity contribution in [2.75, 3.05) is 0 Å². The van der Waals surface area contributed by atoms with Gasteiger partial charge in [-0.1, -0.05) is 56.7 Å². The van der Waals surface area contributed by atoms with Gasteiger partial charge in [0, 0.05) is 0 Å². The van der Waals surface area contributed by atoms with E-state index in [0.29, 0.717) is 5.56 Å². The maximum Gasteiger partial charge on any atom is 0.335 e. The highest BCUT2D eigenvalue weighted by atomic mass is 16.4. The molecule has 0 radical (unpaired) electrons. The minimum Gasteiger partial charge on any atom is -0.478 e. The Labute approximate surface area is 126 Å². The Hall–Kier alpha value is -2.09. The number of hydrogen-bond donors (Lipinski definition) is 1. The van der Waals surface area contributed by atoms with Gasteiger partial charge >= 0.3 is 5.97 Å². The maximum absolute atomic E-state index is 10.8. The van der Waals surface area contributed by atoms with Crippen molar-refractivity contribution < 1.29 is 9.90 Å². The molecular formula is C19H22O2. The quantitative estimate of drug-likeness (QED) is 0.806. The van der Waals surface area contributed by atoms with Crippen molar-refractivity contribution in [3.63, 3.8) is 0 Å². The summed E-state index contributed by atoms with van der Waals surface area (Å²) in [5.74, 6) is -0.116. The molecule has 1 N–H and O–H groups in total. The molecule has 110 valence electrons. The molecule has 0 saturated carbocycles. The van der Waals surface area contributed by atoms with Crippen molar-refractivity contribution >= 4 is 5.97 Å². The molecule has 2 aromatic rings. The minimum atomic E-state index is -0.887. The lowest BCUT2D eigenvalue weighted by Crippen LogP contribution is -1.96. The van der Waals surface area contributed by atoms with Gasteiger partial charge < -0.3 is 5.11 Å². The number of carboxylic acids is 1. The van der Waals surface area contributed by atoms with E-state index in [0.717, 1.165) is 23.5 Å². The molecule has 0 saturated heterocycles. The Morgan fingerprint density at radius 2 is 1.52 bits per heavy atom. The van der Waals surface area contributed by atoms with Crippen LogP contribution in [0.15, 0.2) is 48.5 Å². The summed E-state index contributed by atoms with van der Waals surface area (Å²) in [6.45, 7) is 4.52. The first-order chi connectivity index (χ1) is 10.1. The number of carbonyl (C=O) groups is 1. The van der Waals surface area contributed by atoms with Crippen molar-refractivity contribution in [2.45, 2.75) is 33.1 Å². The smallest absolute Gasteiger partial charge is 0.335 e. The monoisotopic (exact) mass is 282 g/mol. The first kappa shape index (κ1) is 15.3. The van der Waals surface area contributed by atoms with Crippen LogP contribution in [0.2, 0.25) is 0 Å². The zero-order valence-electron chi connectivity index (χ0n) is 12.7. The van der Waals surface area contributed by atoms with E-state index in [9.17, 15) is 4.79 Å². The summed E-state index contributed by atoms with van der Waals surface area (Å²) in [5.41, 5.74) is 3.86. The molecule has 0 aliphatic carbocycles. The average molecular weight is 282 g/mol. The van der Waals surface area contributed by atoms with Crippen molar-refractivity contribution in [1.29, 1.82) is 0 Å². The highest BCUT2D eigenvalue weighted by Crippen LogP contribution is 2.21. The van der Waals surface area contributed by atoms with Crippen LogP contribution in [-0.4, -0.2) is 11.1 Å². The van der Waals surface area contributed by atoms with Crippen molar-refractivity contribution in [3.05, 3.63) is 59.7 Å². The van der Waals surface area contributed by atoms with Gasteiger partial charge in [0.05, 0.1) is 5.56 Å². The predicted octanol–water partition coefficient (Wildman–Crippen LogP) is 5.03. The SMILES string of the molecule is CC[C@H](C)CCc1ccc(-c2ccc(C(=O)O)cc2)cc1. The largest absolute Gasteiger partial charge is 0.478 e. The number of aromatic carboxylic acids is 1. The number of benzene rings is 2. The van der Waals surface area contributed by atoms with E-state index in [2.05, 4.69) is 38.1 Å². The van der Waals surface area contributed by atoms with Crippen LogP contribution in [0.3, 0.4) is 0 Å². The Morgan fingerprint density at radius 3 is 2.00 bits per heavy atom. The molecule has 0 amide bonds. The third-order valence-electron chi connectivity index (χ3n) is 4.04. The van der Waals surface area contributed by atoms with Gasteiger partial charge in [-0.3, -0.25) is 0 Å². The lowest BCUT2D eigenvalue weighted by atomic mass is 9.97. The summed E-state index contributed by atoms with van der Waals surface area (Å²) in [4.78, 5) is 10.8. The molecular weight excluding hydrogens is 260 g/mol. The zero-order chi connectivity index (χ0) is 15.2. The second-order valence-electron chi connectivity index (χ2n) is 5.63. The standard InChI is InChI=1S/C19H22O2/c1-3-14(2)4-5-15-6-8-16(9-7-15)17-10-12-18(13-11-17)19(20)21/h6-14H,3-5H2,1-2H3,(H,20,21)/t14-/m0/s1. The lowest BCUT2D eigenvalue weighted by molar-refractivity contribution is 0.0697. The predicted molar refractivity (Wildman–Crippen MR) is 86.6 cm³/mol. The van der Waals surface area contributed by atoms with Crippen LogP contribution in [0.1, 0.15) is 42.6 Å². The molecule has 0 bridgehead atoms. The Morgan fingerprint density at radius 1 is 1.00 bits per heavy atom. The molecule has 21 heavy (non-hydrogen) atoms. The van der Waals surface area contributed by atoms with E-state index in [1.807, 2.05) is 12.1 Å². The molecule has 2 heteroatoms. The summed E-state index contributed by atoms with van der Waals surface area (Å²) < 4.78 is 0. The number of carboxylic acid groups (broad SMARTS) is 1. The minimum absolute atomic E-state index is 0.323. The number of aryl methyl sites for hydroxylation is 1. The molecule has 2 rings (SSSR count). The molecule has 0 spiro atoms. The van der Waals surface area contributed by atoms with E-state index in [1.165, 1.54) is 18.4 Å². The zero-order valence-corrected chi connectivity index (χ0v) is 12.7. The van der Waals surface area contributed by atoms with E-state index < -0.39 is 5.97 Å². The molecule has 0 aromatic heterocycles. The van der Waals surface area contributed by atoms with Crippen molar-refractivity contribution in [3.8, 4) is 11.1 Å². The average Bonchev–Trinajstić information content (AvgIpc) is 2.53. The highest BCUT2D eigenvalue weighted by Gasteiger charge is 2.04. The van der Waals surface area contributed by atoms with Crippen molar-refractivity contribution in [1.82, 2.24) is 0 Å². The van der Waals surface area contributed by atoms with Crippen LogP contribution in [0.4, 0.5) is 0 Å². The molecule has 2 nitrogen and oxygen atoms in total. The third-order valence-corrected chi connectivity index (χ3v) is 4.04. The fourth-order valence-electron chi connectivity index (χ4n) is 2.29. The van der Waals surface area contributed by atoms with Gasteiger partial charge in [0.25, 0.3) is 0 Å². The first-order valence-electron chi connectivity index (χ1n) is 7.52. The van der Waals surface area contributed by atoms with Crippen LogP contribution < -0.4 is 0 Å². The maximum atomic E-state index is 10.8. The topological polar surface area (TPSA) is 37.3 Å². The van der Waals surface area contributed by atoms with Crippen LogP contribution in [0.5, 0.6) is 0 Å². The van der Waals surface area contributed by atoms with Crippen molar-refractivity contribution in [2.24, 2.45) is 5.92 Å². The molecule has 0 heterocycles. The normalized spacial score (nSPS) is 12.1. The second kappa shape index (κ2) is 7.07. The fourth-order valence-corrected chi connectivity index (χ4v) is 2.29. The van der Waals surface area contributed by atoms with E-state index in [1.54, 1.807) is 12.1 Å². The van der Waals surface area contributed by atoms with Gasteiger partial charge in [0.1, 0.15) is 0 Å². The molecule has 0 unspecified atom stereocenters. The summed E-state index contributed by atoms with van der Waals surface area (Å²) in [6, 6.07) is 15.6. The van der Waals surface area contributed by atoms with E-state index >= 15 is 0 Å². The first-order valence-corrected chi connectivity index (χ1v) is 7.52. The Balaban J connectivity index is 2.06. The van der Waals surface area contributed by atoms with Crippen LogP contribution in [0, 0.1) is 5.92 Å². The Bertz CT molecular complexity index is 582. The van der Waals surface area contributed by atoms with Gasteiger partial charge in [0.2, 0.25) is 0 Å². The van der Waals surface area contributed by atoms with Crippen LogP contribution in [-0.2, 0) is 6.42 Å². The molecule has 0 aliphatic rings. The van der Waals surface area contributed by atoms with E-state index in [4.69, 9.17) is 5.11 Å². The number of rotatable bonds is 6. The fraction of sp³-hybridized carbons (Fsp3) is 0.316. The summed E-state index contributed by atoms with van der Waals surface area (Å²) in [6.07, 6.45) is 3.57. The second-order valence-corrected chi connectivity index (χ2v) is 5.63. The third kappa shape index (κ3) is 4.19. The Kier molecular flexibility index (Phi) is 5.15. The number of hydrogen-bond acceptors (Lipinski definition) is 1. The molecule has 0 fully saturated rings. The lowest BCUT2D eigenvalue weighted by Gasteiger charge is -2.09. The molecule has 1 atom stereocenters. The highest BCUT2D eigenvalue weighted by molar-refractivity contribution is 5.88. The van der Waals surface area contributed by atoms with Gasteiger partial charge in [-0.25, -0.2) is 4.79 Å². The summed E-state index contributed by atoms with van der Waals surface area (Å²) in [5, 5.41) is 8.91. The van der Waals surface area contributed by atoms with Crippen LogP contribution >= 0.6 is 0 Å². The van der Waals surface area contributed by atoms with Gasteiger partial charge in [-0.2, -0.15) is 0 Å². The summed E-state index contributed by atoms with van der Waals surface area (Å²) in [7, 11) is 0.